The summed E-state index contributed by atoms with van der Waals surface area (Å²) >= 11 is 0. The Morgan fingerprint density at radius 3 is 2.44 bits per heavy atom. The average Bonchev–Trinajstić information content (AvgIpc) is 3.14. The highest BCUT2D eigenvalue weighted by atomic mass is 32.2. The van der Waals surface area contributed by atoms with Gasteiger partial charge >= 0.3 is 0 Å². The molecule has 0 bridgehead atoms. The van der Waals surface area contributed by atoms with E-state index in [-0.39, 0.29) is 10.8 Å². The third kappa shape index (κ3) is 5.78. The molecule has 8 nitrogen and oxygen atoms in total. The molecule has 1 amide bonds. The fraction of sp³-hybridized carbons (Fsp3) is 0.480. The zero-order chi connectivity index (χ0) is 24.0. The fourth-order valence-electron chi connectivity index (χ4n) is 4.46. The van der Waals surface area contributed by atoms with Gasteiger partial charge < -0.3 is 19.7 Å². The molecule has 34 heavy (non-hydrogen) atoms. The Bertz CT molecular complexity index is 1090. The first-order chi connectivity index (χ1) is 16.5. The molecule has 2 aliphatic rings. The maximum Gasteiger partial charge on any atom is 0.255 e. The number of carbonyl (C=O) groups is 1. The lowest BCUT2D eigenvalue weighted by Crippen LogP contribution is -2.40. The minimum Gasteiger partial charge on any atom is -0.380 e. The molecule has 2 aliphatic heterocycles. The topological polar surface area (TPSA) is 88.2 Å². The third-order valence-electron chi connectivity index (χ3n) is 6.27. The molecule has 0 spiro atoms. The minimum atomic E-state index is -3.69. The van der Waals surface area contributed by atoms with Crippen molar-refractivity contribution >= 4 is 27.3 Å². The van der Waals surface area contributed by atoms with E-state index < -0.39 is 10.0 Å². The van der Waals surface area contributed by atoms with Crippen LogP contribution in [0.4, 0.5) is 11.4 Å². The lowest BCUT2D eigenvalue weighted by molar-refractivity contribution is 0.0730. The highest BCUT2D eigenvalue weighted by Crippen LogP contribution is 2.32. The van der Waals surface area contributed by atoms with Crippen molar-refractivity contribution in [1.82, 2.24) is 4.31 Å². The minimum absolute atomic E-state index is 0.177. The van der Waals surface area contributed by atoms with E-state index in [2.05, 4.69) is 10.2 Å². The molecule has 2 aromatic rings. The van der Waals surface area contributed by atoms with E-state index in [4.69, 9.17) is 9.47 Å². The van der Waals surface area contributed by atoms with Gasteiger partial charge in [-0.2, -0.15) is 4.31 Å². The lowest BCUT2D eigenvalue weighted by Gasteiger charge is -2.28. The molecule has 0 radical (unpaired) electrons. The van der Waals surface area contributed by atoms with Crippen molar-refractivity contribution in [3.63, 3.8) is 0 Å². The molecule has 2 aromatic carbocycles. The zero-order valence-corrected chi connectivity index (χ0v) is 20.5. The van der Waals surface area contributed by atoms with Gasteiger partial charge in [-0.25, -0.2) is 8.42 Å². The quantitative estimate of drug-likeness (QED) is 0.643. The number of nitrogens with one attached hydrogen (secondary N) is 1. The van der Waals surface area contributed by atoms with E-state index in [1.165, 1.54) is 17.1 Å². The van der Waals surface area contributed by atoms with Gasteiger partial charge in [0.25, 0.3) is 5.91 Å². The van der Waals surface area contributed by atoms with Crippen LogP contribution in [0.2, 0.25) is 0 Å². The van der Waals surface area contributed by atoms with Gasteiger partial charge in [-0.3, -0.25) is 4.79 Å². The molecule has 1 N–H and O–H groups in total. The molecule has 9 heteroatoms. The van der Waals surface area contributed by atoms with Crippen LogP contribution in [0.25, 0.3) is 0 Å². The van der Waals surface area contributed by atoms with Crippen LogP contribution in [0.1, 0.15) is 41.6 Å². The summed E-state index contributed by atoms with van der Waals surface area (Å²) in [5.74, 6) is -0.282. The molecule has 0 aromatic heterocycles. The van der Waals surface area contributed by atoms with Crippen LogP contribution in [0.15, 0.2) is 47.4 Å². The van der Waals surface area contributed by atoms with Gasteiger partial charge in [0.05, 0.1) is 36.1 Å². The van der Waals surface area contributed by atoms with Gasteiger partial charge in [0.15, 0.2) is 0 Å². The van der Waals surface area contributed by atoms with Crippen molar-refractivity contribution in [2.24, 2.45) is 0 Å². The van der Waals surface area contributed by atoms with E-state index in [9.17, 15) is 13.2 Å². The second-order valence-electron chi connectivity index (χ2n) is 8.68. The zero-order valence-electron chi connectivity index (χ0n) is 19.7. The summed E-state index contributed by atoms with van der Waals surface area (Å²) in [6.45, 7) is 3.57. The maximum absolute atomic E-state index is 13.3. The Kier molecular flexibility index (Phi) is 8.20. The van der Waals surface area contributed by atoms with Crippen LogP contribution in [0.3, 0.4) is 0 Å². The summed E-state index contributed by atoms with van der Waals surface area (Å²) in [6.07, 6.45) is 4.49. The Labute approximate surface area is 201 Å². The average molecular weight is 488 g/mol. The molecular weight excluding hydrogens is 454 g/mol. The van der Waals surface area contributed by atoms with E-state index in [0.717, 1.165) is 37.2 Å². The summed E-state index contributed by atoms with van der Waals surface area (Å²) in [5, 5.41) is 3.00. The number of benzene rings is 2. The normalized spacial score (nSPS) is 17.9. The molecule has 2 saturated heterocycles. The van der Waals surface area contributed by atoms with E-state index in [1.54, 1.807) is 31.4 Å². The fourth-order valence-corrected chi connectivity index (χ4v) is 5.90. The van der Waals surface area contributed by atoms with E-state index in [0.29, 0.717) is 44.2 Å². The summed E-state index contributed by atoms with van der Waals surface area (Å²) < 4.78 is 38.5. The van der Waals surface area contributed by atoms with Crippen LogP contribution < -0.4 is 10.2 Å². The number of methoxy groups -OCH3 is 1. The smallest absolute Gasteiger partial charge is 0.255 e. The molecule has 0 aliphatic carbocycles. The largest absolute Gasteiger partial charge is 0.380 e. The molecule has 2 fully saturated rings. The molecule has 184 valence electrons. The number of hydrogen-bond acceptors (Lipinski definition) is 6. The predicted molar refractivity (Wildman–Crippen MR) is 132 cm³/mol. The second-order valence-corrected chi connectivity index (χ2v) is 10.6. The van der Waals surface area contributed by atoms with Gasteiger partial charge in [0.1, 0.15) is 0 Å². The number of rotatable bonds is 7. The molecule has 2 heterocycles. The van der Waals surface area contributed by atoms with Gasteiger partial charge in [-0.05, 0) is 48.7 Å². The number of sulfonamides is 1. The van der Waals surface area contributed by atoms with E-state index in [1.807, 2.05) is 18.2 Å². The number of morpholine rings is 1. The molecule has 0 unspecified atom stereocenters. The van der Waals surface area contributed by atoms with Crippen molar-refractivity contribution < 1.29 is 22.7 Å². The number of carbonyl (C=O) groups excluding carboxylic acids is 1. The Hall–Kier alpha value is -2.46. The van der Waals surface area contributed by atoms with Gasteiger partial charge in [0.2, 0.25) is 10.0 Å². The van der Waals surface area contributed by atoms with Crippen molar-refractivity contribution in [1.29, 1.82) is 0 Å². The first-order valence-corrected chi connectivity index (χ1v) is 13.3. The Morgan fingerprint density at radius 1 is 1.00 bits per heavy atom. The van der Waals surface area contributed by atoms with Crippen molar-refractivity contribution in [3.8, 4) is 0 Å². The monoisotopic (exact) mass is 487 g/mol. The number of hydrogen-bond donors (Lipinski definition) is 1. The summed E-state index contributed by atoms with van der Waals surface area (Å²) in [5.41, 5.74) is 2.76. The van der Waals surface area contributed by atoms with Crippen LogP contribution >= 0.6 is 0 Å². The first-order valence-electron chi connectivity index (χ1n) is 11.8. The standard InChI is InChI=1S/C25H33N3O5S/c1-32-19-20-7-6-8-21(17-20)25(29)26-23-18-22(34(30,31)28-13-15-33-16-14-28)9-10-24(23)27-11-4-2-3-5-12-27/h6-10,17-18H,2-5,11-16,19H2,1H3,(H,26,29). The van der Waals surface area contributed by atoms with Crippen molar-refractivity contribution in [2.75, 3.05) is 56.7 Å². The SMILES string of the molecule is COCc1cccc(C(=O)Nc2cc(S(=O)(=O)N3CCOCC3)ccc2N2CCCCCC2)c1. The Balaban J connectivity index is 1.67. The molecule has 4 rings (SSSR count). The van der Waals surface area contributed by atoms with Gasteiger partial charge in [-0.15, -0.1) is 0 Å². The summed E-state index contributed by atoms with van der Waals surface area (Å²) in [7, 11) is -2.08. The van der Waals surface area contributed by atoms with Crippen LogP contribution in [-0.4, -0.2) is 65.1 Å². The summed E-state index contributed by atoms with van der Waals surface area (Å²) in [6, 6.07) is 12.3. The van der Waals surface area contributed by atoms with Crippen LogP contribution in [-0.2, 0) is 26.1 Å². The number of amides is 1. The Morgan fingerprint density at radius 2 is 1.74 bits per heavy atom. The number of anilines is 2. The second kappa shape index (κ2) is 11.3. The van der Waals surface area contributed by atoms with Crippen LogP contribution in [0.5, 0.6) is 0 Å². The molecule has 0 saturated carbocycles. The summed E-state index contributed by atoms with van der Waals surface area (Å²) in [4.78, 5) is 15.6. The third-order valence-corrected chi connectivity index (χ3v) is 8.17. The van der Waals surface area contributed by atoms with Crippen LogP contribution in [0, 0.1) is 0 Å². The van der Waals surface area contributed by atoms with Gasteiger partial charge in [-0.1, -0.05) is 25.0 Å². The first kappa shape index (κ1) is 24.7. The maximum atomic E-state index is 13.3. The van der Waals surface area contributed by atoms with E-state index >= 15 is 0 Å². The highest BCUT2D eigenvalue weighted by molar-refractivity contribution is 7.89. The van der Waals surface area contributed by atoms with Gasteiger partial charge in [0, 0.05) is 38.9 Å². The van der Waals surface area contributed by atoms with Crippen molar-refractivity contribution in [3.05, 3.63) is 53.6 Å². The highest BCUT2D eigenvalue weighted by Gasteiger charge is 2.28. The number of nitrogens with zero attached hydrogens (tertiary/aromatic N) is 2. The lowest BCUT2D eigenvalue weighted by atomic mass is 10.1. The molecular formula is C25H33N3O5S. The predicted octanol–water partition coefficient (Wildman–Crippen LogP) is 3.49. The molecule has 0 atom stereocenters. The van der Waals surface area contributed by atoms with Crippen molar-refractivity contribution in [2.45, 2.75) is 37.2 Å². The number of ether oxygens (including phenoxy) is 2.